The van der Waals surface area contributed by atoms with Gasteiger partial charge in [-0.05, 0) is 31.0 Å². The largest absolute Gasteiger partial charge is 0.490 e. The van der Waals surface area contributed by atoms with Gasteiger partial charge in [0.25, 0.3) is 5.91 Å². The van der Waals surface area contributed by atoms with Crippen molar-refractivity contribution in [2.75, 3.05) is 19.8 Å². The summed E-state index contributed by atoms with van der Waals surface area (Å²) in [5.74, 6) is -0.447. The van der Waals surface area contributed by atoms with E-state index >= 15 is 0 Å². The minimum absolute atomic E-state index is 0.0206. The first-order valence-electron chi connectivity index (χ1n) is 8.95. The lowest BCUT2D eigenvalue weighted by Crippen LogP contribution is -2.41. The molecule has 7 heteroatoms. The van der Waals surface area contributed by atoms with Crippen LogP contribution in [0.3, 0.4) is 0 Å². The van der Waals surface area contributed by atoms with Gasteiger partial charge in [0.2, 0.25) is 0 Å². The molecule has 0 unspecified atom stereocenters. The smallest absolute Gasteiger partial charge is 0.326 e. The Morgan fingerprint density at radius 2 is 1.71 bits per heavy atom. The fourth-order valence-corrected chi connectivity index (χ4v) is 3.01. The van der Waals surface area contributed by atoms with E-state index in [0.29, 0.717) is 11.3 Å². The number of aryl methyl sites for hydroxylation is 1. The van der Waals surface area contributed by atoms with Gasteiger partial charge in [-0.25, -0.2) is 4.79 Å². The molecule has 2 aromatic rings. The van der Waals surface area contributed by atoms with Crippen LogP contribution in [0.1, 0.15) is 18.1 Å². The standard InChI is InChI=1S/C21H22N2O5/c1-15-8-6-7-11-17(15)27-12-13-28-18(24)14-23-19(25)21(2,22-20(23)26)16-9-4-3-5-10-16/h3-11H,12-14H2,1-2H3,(H,22,26)/t21-/m1/s1. The first kappa shape index (κ1) is 19.4. The highest BCUT2D eigenvalue weighted by Gasteiger charge is 2.49. The summed E-state index contributed by atoms with van der Waals surface area (Å²) in [6, 6.07) is 15.8. The molecule has 1 saturated heterocycles. The van der Waals surface area contributed by atoms with Crippen molar-refractivity contribution in [1.29, 1.82) is 0 Å². The van der Waals surface area contributed by atoms with E-state index in [4.69, 9.17) is 9.47 Å². The second-order valence-electron chi connectivity index (χ2n) is 6.65. The molecule has 0 spiro atoms. The Kier molecular flexibility index (Phi) is 5.63. The molecule has 0 radical (unpaired) electrons. The molecule has 1 aliphatic rings. The van der Waals surface area contributed by atoms with Crippen LogP contribution in [0.5, 0.6) is 5.75 Å². The quantitative estimate of drug-likeness (QED) is 0.452. The molecule has 0 aliphatic carbocycles. The SMILES string of the molecule is Cc1ccccc1OCCOC(=O)CN1C(=O)N[C@](C)(c2ccccc2)C1=O. The molecule has 3 rings (SSSR count). The number of para-hydroxylation sites is 1. The van der Waals surface area contributed by atoms with Gasteiger partial charge in [0, 0.05) is 0 Å². The zero-order valence-corrected chi connectivity index (χ0v) is 15.8. The minimum Gasteiger partial charge on any atom is -0.490 e. The van der Waals surface area contributed by atoms with Crippen LogP contribution in [0.25, 0.3) is 0 Å². The van der Waals surface area contributed by atoms with E-state index in [1.165, 1.54) is 0 Å². The number of rotatable bonds is 7. The predicted octanol–water partition coefficient (Wildman–Crippen LogP) is 2.38. The number of carbonyl (C=O) groups excluding carboxylic acids is 3. The number of amides is 3. The van der Waals surface area contributed by atoms with Crippen LogP contribution in [0.15, 0.2) is 54.6 Å². The van der Waals surface area contributed by atoms with Gasteiger partial charge in [0.05, 0.1) is 0 Å². The Morgan fingerprint density at radius 3 is 2.43 bits per heavy atom. The van der Waals surface area contributed by atoms with Gasteiger partial charge >= 0.3 is 12.0 Å². The van der Waals surface area contributed by atoms with Crippen LogP contribution in [-0.4, -0.2) is 42.6 Å². The molecule has 2 aromatic carbocycles. The van der Waals surface area contributed by atoms with Crippen LogP contribution in [0, 0.1) is 6.92 Å². The maximum atomic E-state index is 12.7. The fourth-order valence-electron chi connectivity index (χ4n) is 3.01. The van der Waals surface area contributed by atoms with Crippen LogP contribution in [0.2, 0.25) is 0 Å². The van der Waals surface area contributed by atoms with Crippen LogP contribution in [-0.2, 0) is 19.9 Å². The summed E-state index contributed by atoms with van der Waals surface area (Å²) in [5, 5.41) is 2.65. The summed E-state index contributed by atoms with van der Waals surface area (Å²) in [5.41, 5.74) is 0.427. The third-order valence-electron chi connectivity index (χ3n) is 4.61. The zero-order valence-electron chi connectivity index (χ0n) is 15.8. The minimum atomic E-state index is -1.20. The average molecular weight is 382 g/mol. The molecule has 146 valence electrons. The number of ether oxygens (including phenoxy) is 2. The Bertz CT molecular complexity index is 883. The topological polar surface area (TPSA) is 84.9 Å². The monoisotopic (exact) mass is 382 g/mol. The number of carbonyl (C=O) groups is 3. The second kappa shape index (κ2) is 8.12. The lowest BCUT2D eigenvalue weighted by molar-refractivity contribution is -0.148. The third-order valence-corrected chi connectivity index (χ3v) is 4.61. The predicted molar refractivity (Wildman–Crippen MR) is 102 cm³/mol. The van der Waals surface area contributed by atoms with Gasteiger partial charge in [0.15, 0.2) is 0 Å². The number of nitrogens with zero attached hydrogens (tertiary/aromatic N) is 1. The van der Waals surface area contributed by atoms with Gasteiger partial charge in [-0.3, -0.25) is 14.5 Å². The van der Waals surface area contributed by atoms with E-state index in [1.54, 1.807) is 31.2 Å². The van der Waals surface area contributed by atoms with Crippen molar-refractivity contribution in [2.24, 2.45) is 0 Å². The molecule has 28 heavy (non-hydrogen) atoms. The number of imide groups is 1. The summed E-state index contributed by atoms with van der Waals surface area (Å²) in [6.45, 7) is 3.29. The second-order valence-corrected chi connectivity index (χ2v) is 6.65. The summed E-state index contributed by atoms with van der Waals surface area (Å²) in [7, 11) is 0. The van der Waals surface area contributed by atoms with Gasteiger partial charge in [-0.2, -0.15) is 0 Å². The molecule has 3 amide bonds. The Labute approximate surface area is 163 Å². The molecule has 0 aromatic heterocycles. The van der Waals surface area contributed by atoms with Crippen molar-refractivity contribution in [2.45, 2.75) is 19.4 Å². The van der Waals surface area contributed by atoms with Crippen molar-refractivity contribution in [1.82, 2.24) is 10.2 Å². The number of hydrogen-bond acceptors (Lipinski definition) is 5. The van der Waals surface area contributed by atoms with Gasteiger partial charge < -0.3 is 14.8 Å². The number of hydrogen-bond donors (Lipinski definition) is 1. The molecule has 7 nitrogen and oxygen atoms in total. The zero-order chi connectivity index (χ0) is 20.1. The first-order chi connectivity index (χ1) is 13.4. The Balaban J connectivity index is 1.52. The van der Waals surface area contributed by atoms with E-state index in [1.807, 2.05) is 37.3 Å². The van der Waals surface area contributed by atoms with Gasteiger partial charge in [-0.1, -0.05) is 48.5 Å². The van der Waals surface area contributed by atoms with Crippen molar-refractivity contribution >= 4 is 17.9 Å². The highest BCUT2D eigenvalue weighted by atomic mass is 16.6. The van der Waals surface area contributed by atoms with Crippen molar-refractivity contribution in [3.8, 4) is 5.75 Å². The molecule has 1 fully saturated rings. The molecule has 1 N–H and O–H groups in total. The van der Waals surface area contributed by atoms with Crippen LogP contribution in [0.4, 0.5) is 4.79 Å². The molecule has 1 aliphatic heterocycles. The molecular formula is C21H22N2O5. The summed E-state index contributed by atoms with van der Waals surface area (Å²) in [4.78, 5) is 37.9. The summed E-state index contributed by atoms with van der Waals surface area (Å²) < 4.78 is 10.7. The third kappa shape index (κ3) is 3.98. The lowest BCUT2D eigenvalue weighted by atomic mass is 9.92. The van der Waals surface area contributed by atoms with Crippen LogP contribution >= 0.6 is 0 Å². The molecule has 0 saturated carbocycles. The number of esters is 1. The molecular weight excluding hydrogens is 360 g/mol. The van der Waals surface area contributed by atoms with Gasteiger partial charge in [0.1, 0.15) is 31.0 Å². The van der Waals surface area contributed by atoms with Gasteiger partial charge in [-0.15, -0.1) is 0 Å². The Hall–Kier alpha value is -3.35. The summed E-state index contributed by atoms with van der Waals surface area (Å²) in [6.07, 6.45) is 0. The number of benzene rings is 2. The van der Waals surface area contributed by atoms with E-state index in [9.17, 15) is 14.4 Å². The fraction of sp³-hybridized carbons (Fsp3) is 0.286. The number of nitrogens with one attached hydrogen (secondary N) is 1. The first-order valence-corrected chi connectivity index (χ1v) is 8.95. The molecule has 1 atom stereocenters. The van der Waals surface area contributed by atoms with E-state index < -0.39 is 30.0 Å². The molecule has 0 bridgehead atoms. The van der Waals surface area contributed by atoms with E-state index in [0.717, 1.165) is 10.5 Å². The number of urea groups is 1. The van der Waals surface area contributed by atoms with Crippen molar-refractivity contribution in [3.63, 3.8) is 0 Å². The van der Waals surface area contributed by atoms with E-state index in [2.05, 4.69) is 5.32 Å². The normalized spacial score (nSPS) is 18.7. The highest BCUT2D eigenvalue weighted by Crippen LogP contribution is 2.28. The maximum Gasteiger partial charge on any atom is 0.326 e. The lowest BCUT2D eigenvalue weighted by Gasteiger charge is -2.21. The maximum absolute atomic E-state index is 12.7. The van der Waals surface area contributed by atoms with Crippen LogP contribution < -0.4 is 10.1 Å². The average Bonchev–Trinajstić information content (AvgIpc) is 2.91. The van der Waals surface area contributed by atoms with Crippen molar-refractivity contribution < 1.29 is 23.9 Å². The summed E-state index contributed by atoms with van der Waals surface area (Å²) >= 11 is 0. The van der Waals surface area contributed by atoms with E-state index in [-0.39, 0.29) is 13.2 Å². The Morgan fingerprint density at radius 1 is 1.04 bits per heavy atom. The van der Waals surface area contributed by atoms with Crippen molar-refractivity contribution in [3.05, 3.63) is 65.7 Å². The molecule has 1 heterocycles. The highest BCUT2D eigenvalue weighted by molar-refractivity contribution is 6.08.